The van der Waals surface area contributed by atoms with Crippen LogP contribution >= 0.6 is 0 Å². The van der Waals surface area contributed by atoms with Gasteiger partial charge in [0.1, 0.15) is 0 Å². The lowest BCUT2D eigenvalue weighted by Crippen LogP contribution is -1.67. The molecule has 7 heavy (non-hydrogen) atoms. The number of hydrogen-bond acceptors (Lipinski definition) is 0. The summed E-state index contributed by atoms with van der Waals surface area (Å²) in [6.07, 6.45) is 7.83. The van der Waals surface area contributed by atoms with E-state index in [1.54, 1.807) is 0 Å². The van der Waals surface area contributed by atoms with Gasteiger partial charge in [0.15, 0.2) is 0 Å². The van der Waals surface area contributed by atoms with Crippen LogP contribution in [-0.4, -0.2) is 0 Å². The summed E-state index contributed by atoms with van der Waals surface area (Å²) >= 11 is 0. The molecule has 0 heteroatoms. The van der Waals surface area contributed by atoms with Gasteiger partial charge in [-0.25, -0.2) is 0 Å². The molecule has 0 bridgehead atoms. The van der Waals surface area contributed by atoms with Gasteiger partial charge in [-0.2, -0.15) is 0 Å². The molecule has 0 aromatic carbocycles. The summed E-state index contributed by atoms with van der Waals surface area (Å²) in [6, 6.07) is 0. The van der Waals surface area contributed by atoms with Gasteiger partial charge in [0.05, 0.1) is 0 Å². The number of rotatable bonds is 1. The average Bonchev–Trinajstić information content (AvgIpc) is 1.68. The molecule has 0 rings (SSSR count). The van der Waals surface area contributed by atoms with Crippen LogP contribution in [0.3, 0.4) is 0 Å². The topological polar surface area (TPSA) is 0 Å². The van der Waals surface area contributed by atoms with E-state index in [0.29, 0.717) is 0 Å². The van der Waals surface area contributed by atoms with E-state index >= 15 is 0 Å². The Hall–Kier alpha value is -0.700. The number of hydrogen-bond donors (Lipinski definition) is 0. The lowest BCUT2D eigenvalue weighted by atomic mass is 10.2. The van der Waals surface area contributed by atoms with Crippen LogP contribution in [0.15, 0.2) is 11.6 Å². The average molecular weight is 94.2 g/mol. The van der Waals surface area contributed by atoms with Crippen molar-refractivity contribution in [1.82, 2.24) is 0 Å². The number of allylic oxidation sites excluding steroid dienone is 2. The standard InChI is InChI=1S/C7H10/c1-4-6-7(3)5-2/h1,5H,6H2,2-3H3. The third-order valence-electron chi connectivity index (χ3n) is 0.874. The maximum atomic E-state index is 5.01. The summed E-state index contributed by atoms with van der Waals surface area (Å²) in [5, 5.41) is 0. The lowest BCUT2D eigenvalue weighted by molar-refractivity contribution is 1.24. The van der Waals surface area contributed by atoms with E-state index in [-0.39, 0.29) is 0 Å². The Kier molecular flexibility index (Phi) is 3.14. The number of terminal acetylenes is 1. The fourth-order valence-electron chi connectivity index (χ4n) is 0.263. The summed E-state index contributed by atoms with van der Waals surface area (Å²) in [4.78, 5) is 0. The molecule has 0 unspecified atom stereocenters. The van der Waals surface area contributed by atoms with Gasteiger partial charge in [0.2, 0.25) is 0 Å². The molecule has 0 aliphatic carbocycles. The predicted molar refractivity (Wildman–Crippen MR) is 32.9 cm³/mol. The lowest BCUT2D eigenvalue weighted by Gasteiger charge is -1.85. The van der Waals surface area contributed by atoms with E-state index in [9.17, 15) is 0 Å². The van der Waals surface area contributed by atoms with Gasteiger partial charge in [0.25, 0.3) is 0 Å². The maximum Gasteiger partial charge on any atom is 0.0293 e. The first-order valence-electron chi connectivity index (χ1n) is 2.36. The molecule has 0 spiro atoms. The first-order valence-corrected chi connectivity index (χ1v) is 2.36. The molecule has 0 radical (unpaired) electrons. The largest absolute Gasteiger partial charge is 0.120 e. The minimum atomic E-state index is 0.788. The first-order chi connectivity index (χ1) is 3.31. The van der Waals surface area contributed by atoms with Gasteiger partial charge in [-0.05, 0) is 13.8 Å². The molecule has 0 aliphatic heterocycles. The molecule has 0 aromatic heterocycles. The Morgan fingerprint density at radius 3 is 2.57 bits per heavy atom. The van der Waals surface area contributed by atoms with Crippen molar-refractivity contribution in [3.8, 4) is 12.3 Å². The first kappa shape index (κ1) is 6.30. The highest BCUT2D eigenvalue weighted by Gasteiger charge is 1.76. The second-order valence-electron chi connectivity index (χ2n) is 1.52. The van der Waals surface area contributed by atoms with E-state index in [1.165, 1.54) is 5.57 Å². The monoisotopic (exact) mass is 94.1 g/mol. The van der Waals surface area contributed by atoms with Crippen molar-refractivity contribution < 1.29 is 0 Å². The molecule has 0 N–H and O–H groups in total. The van der Waals surface area contributed by atoms with Gasteiger partial charge in [-0.3, -0.25) is 0 Å². The second kappa shape index (κ2) is 3.49. The van der Waals surface area contributed by atoms with Gasteiger partial charge >= 0.3 is 0 Å². The normalized spacial score (nSPS) is 10.7. The molecule has 0 atom stereocenters. The zero-order valence-corrected chi connectivity index (χ0v) is 4.86. The van der Waals surface area contributed by atoms with Gasteiger partial charge in [-0.1, -0.05) is 11.6 Å². The third-order valence-corrected chi connectivity index (χ3v) is 0.874. The molecule has 0 aliphatic rings. The van der Waals surface area contributed by atoms with Crippen LogP contribution < -0.4 is 0 Å². The Balaban J connectivity index is 3.43. The zero-order chi connectivity index (χ0) is 5.70. The molecular formula is C7H10. The minimum Gasteiger partial charge on any atom is -0.120 e. The predicted octanol–water partition coefficient (Wildman–Crippen LogP) is 1.98. The van der Waals surface area contributed by atoms with Crippen molar-refractivity contribution in [1.29, 1.82) is 0 Å². The summed E-state index contributed by atoms with van der Waals surface area (Å²) in [5.41, 5.74) is 1.27. The SMILES string of the molecule is C#CCC(C)=CC. The van der Waals surface area contributed by atoms with E-state index in [2.05, 4.69) is 5.92 Å². The minimum absolute atomic E-state index is 0.788. The molecule has 0 fully saturated rings. The van der Waals surface area contributed by atoms with Gasteiger partial charge in [-0.15, -0.1) is 12.3 Å². The highest BCUT2D eigenvalue weighted by atomic mass is 13.8. The summed E-state index contributed by atoms with van der Waals surface area (Å²) in [6.45, 7) is 4.02. The summed E-state index contributed by atoms with van der Waals surface area (Å²) in [7, 11) is 0. The van der Waals surface area contributed by atoms with Crippen LogP contribution in [0.1, 0.15) is 20.3 Å². The maximum absolute atomic E-state index is 5.01. The van der Waals surface area contributed by atoms with Crippen molar-refractivity contribution in [3.63, 3.8) is 0 Å². The van der Waals surface area contributed by atoms with Crippen molar-refractivity contribution in [2.75, 3.05) is 0 Å². The molecule has 0 nitrogen and oxygen atoms in total. The van der Waals surface area contributed by atoms with Gasteiger partial charge < -0.3 is 0 Å². The summed E-state index contributed by atoms with van der Waals surface area (Å²) in [5.74, 6) is 2.55. The fourth-order valence-corrected chi connectivity index (χ4v) is 0.263. The van der Waals surface area contributed by atoms with Crippen molar-refractivity contribution in [2.24, 2.45) is 0 Å². The highest BCUT2D eigenvalue weighted by Crippen LogP contribution is 1.94. The van der Waals surface area contributed by atoms with E-state index < -0.39 is 0 Å². The van der Waals surface area contributed by atoms with Crippen molar-refractivity contribution in [2.45, 2.75) is 20.3 Å². The van der Waals surface area contributed by atoms with Crippen molar-refractivity contribution >= 4 is 0 Å². The van der Waals surface area contributed by atoms with Crippen LogP contribution in [0, 0.1) is 12.3 Å². The second-order valence-corrected chi connectivity index (χ2v) is 1.52. The fraction of sp³-hybridized carbons (Fsp3) is 0.429. The van der Waals surface area contributed by atoms with E-state index in [0.717, 1.165) is 6.42 Å². The van der Waals surface area contributed by atoms with E-state index in [1.807, 2.05) is 19.9 Å². The molecule has 0 saturated carbocycles. The van der Waals surface area contributed by atoms with Crippen molar-refractivity contribution in [3.05, 3.63) is 11.6 Å². The van der Waals surface area contributed by atoms with Gasteiger partial charge in [0, 0.05) is 6.42 Å². The Bertz CT molecular complexity index is 102. The molecule has 0 aromatic rings. The molecular weight excluding hydrogens is 84.1 g/mol. The molecule has 0 heterocycles. The Morgan fingerprint density at radius 2 is 2.43 bits per heavy atom. The van der Waals surface area contributed by atoms with Crippen LogP contribution in [-0.2, 0) is 0 Å². The van der Waals surface area contributed by atoms with Crippen LogP contribution in [0.5, 0.6) is 0 Å². The molecule has 0 saturated heterocycles. The zero-order valence-electron chi connectivity index (χ0n) is 4.86. The smallest absolute Gasteiger partial charge is 0.0293 e. The Morgan fingerprint density at radius 1 is 1.86 bits per heavy atom. The molecule has 0 amide bonds. The van der Waals surface area contributed by atoms with E-state index in [4.69, 9.17) is 6.42 Å². The van der Waals surface area contributed by atoms with Crippen LogP contribution in [0.4, 0.5) is 0 Å². The van der Waals surface area contributed by atoms with Crippen LogP contribution in [0.2, 0.25) is 0 Å². The third kappa shape index (κ3) is 3.12. The Labute approximate surface area is 45.2 Å². The quantitative estimate of drug-likeness (QED) is 0.344. The van der Waals surface area contributed by atoms with Crippen LogP contribution in [0.25, 0.3) is 0 Å². The summed E-state index contributed by atoms with van der Waals surface area (Å²) < 4.78 is 0. The highest BCUT2D eigenvalue weighted by molar-refractivity contribution is 5.05. The molecule has 38 valence electrons.